The highest BCUT2D eigenvalue weighted by Gasteiger charge is 2.22. The van der Waals surface area contributed by atoms with E-state index in [2.05, 4.69) is 30.2 Å². The lowest BCUT2D eigenvalue weighted by molar-refractivity contribution is 0.111. The number of fused-ring (bicyclic) bond motifs is 1. The van der Waals surface area contributed by atoms with E-state index in [9.17, 15) is 4.79 Å². The first-order valence-corrected chi connectivity index (χ1v) is 6.61. The van der Waals surface area contributed by atoms with Gasteiger partial charge in [0.2, 0.25) is 11.5 Å². The Morgan fingerprint density at radius 3 is 2.62 bits per heavy atom. The number of hydrogen-bond acceptors (Lipinski definition) is 7. The van der Waals surface area contributed by atoms with E-state index in [-0.39, 0.29) is 0 Å². The third kappa shape index (κ3) is 1.83. The van der Waals surface area contributed by atoms with Crippen molar-refractivity contribution < 1.29 is 4.79 Å². The van der Waals surface area contributed by atoms with Crippen LogP contribution in [0.2, 0.25) is 0 Å². The predicted octanol–water partition coefficient (Wildman–Crippen LogP) is 0.604. The van der Waals surface area contributed by atoms with Crippen LogP contribution in [0.1, 0.15) is 16.9 Å². The number of carbonyl (C=O) groups excluding carboxylic acids is 1. The minimum Gasteiger partial charge on any atom is -0.368 e. The van der Waals surface area contributed by atoms with Gasteiger partial charge in [-0.05, 0) is 18.6 Å². The first-order valence-electron chi connectivity index (χ1n) is 6.61. The number of anilines is 1. The Hall–Kier alpha value is -2.90. The quantitative estimate of drug-likeness (QED) is 0.649. The first-order chi connectivity index (χ1) is 10.4. The number of nitrogens with zero attached hydrogens (tertiary/aromatic N) is 7. The van der Waals surface area contributed by atoms with Crippen molar-refractivity contribution in [2.75, 3.05) is 18.0 Å². The summed E-state index contributed by atoms with van der Waals surface area (Å²) in [5.41, 5.74) is 1.82. The van der Waals surface area contributed by atoms with Crippen molar-refractivity contribution in [2.45, 2.75) is 6.42 Å². The van der Waals surface area contributed by atoms with E-state index in [0.717, 1.165) is 31.5 Å². The van der Waals surface area contributed by atoms with Gasteiger partial charge >= 0.3 is 0 Å². The van der Waals surface area contributed by atoms with E-state index >= 15 is 0 Å². The summed E-state index contributed by atoms with van der Waals surface area (Å²) in [4.78, 5) is 21.6. The van der Waals surface area contributed by atoms with Crippen molar-refractivity contribution in [3.05, 3.63) is 30.2 Å². The number of rotatable bonds is 3. The zero-order valence-electron chi connectivity index (χ0n) is 11.0. The Morgan fingerprint density at radius 2 is 1.95 bits per heavy atom. The summed E-state index contributed by atoms with van der Waals surface area (Å²) in [6, 6.07) is 3.47. The van der Waals surface area contributed by atoms with Gasteiger partial charge in [-0.15, -0.1) is 10.2 Å². The van der Waals surface area contributed by atoms with Crippen LogP contribution >= 0.6 is 0 Å². The molecule has 1 saturated heterocycles. The van der Waals surface area contributed by atoms with Gasteiger partial charge in [-0.25, -0.2) is 9.97 Å². The van der Waals surface area contributed by atoms with Crippen molar-refractivity contribution in [1.29, 1.82) is 0 Å². The molecule has 4 rings (SSSR count). The lowest BCUT2D eigenvalue weighted by Crippen LogP contribution is -2.37. The van der Waals surface area contributed by atoms with Crippen LogP contribution in [0.3, 0.4) is 0 Å². The third-order valence-corrected chi connectivity index (χ3v) is 3.45. The van der Waals surface area contributed by atoms with Gasteiger partial charge in [-0.1, -0.05) is 0 Å². The maximum Gasteiger partial charge on any atom is 0.223 e. The molecule has 0 atom stereocenters. The van der Waals surface area contributed by atoms with Crippen LogP contribution in [-0.4, -0.2) is 49.2 Å². The van der Waals surface area contributed by atoms with Crippen molar-refractivity contribution >= 4 is 17.6 Å². The van der Waals surface area contributed by atoms with Gasteiger partial charge in [-0.2, -0.15) is 9.61 Å². The molecule has 8 heteroatoms. The Balaban J connectivity index is 1.96. The van der Waals surface area contributed by atoms with E-state index in [1.165, 1.54) is 4.52 Å². The molecule has 0 aliphatic carbocycles. The zero-order valence-corrected chi connectivity index (χ0v) is 11.0. The van der Waals surface area contributed by atoms with Gasteiger partial charge in [-0.3, -0.25) is 4.79 Å². The van der Waals surface area contributed by atoms with Crippen molar-refractivity contribution in [3.63, 3.8) is 0 Å². The fourth-order valence-electron chi connectivity index (χ4n) is 2.28. The number of aldehydes is 1. The second-order valence-electron chi connectivity index (χ2n) is 4.74. The molecule has 8 nitrogen and oxygen atoms in total. The summed E-state index contributed by atoms with van der Waals surface area (Å²) in [6.07, 6.45) is 5.11. The molecule has 0 saturated carbocycles. The van der Waals surface area contributed by atoms with Gasteiger partial charge in [0, 0.05) is 25.5 Å². The summed E-state index contributed by atoms with van der Waals surface area (Å²) < 4.78 is 1.53. The molecule has 104 valence electrons. The van der Waals surface area contributed by atoms with Crippen molar-refractivity contribution in [1.82, 2.24) is 29.8 Å². The Bertz CT molecular complexity index is 810. The molecular weight excluding hydrogens is 270 g/mol. The lowest BCUT2D eigenvalue weighted by Gasteiger charge is -2.32. The summed E-state index contributed by atoms with van der Waals surface area (Å²) in [6.45, 7) is 1.89. The molecule has 0 aromatic carbocycles. The van der Waals surface area contributed by atoms with Crippen LogP contribution in [-0.2, 0) is 0 Å². The highest BCUT2D eigenvalue weighted by atomic mass is 16.1. The largest absolute Gasteiger partial charge is 0.368 e. The fraction of sp³-hybridized carbons (Fsp3) is 0.231. The summed E-state index contributed by atoms with van der Waals surface area (Å²) >= 11 is 0. The maximum atomic E-state index is 11.1. The molecule has 1 aliphatic rings. The average molecular weight is 281 g/mol. The molecular formula is C13H11N7O. The molecule has 3 aromatic heterocycles. The van der Waals surface area contributed by atoms with Crippen molar-refractivity contribution in [2.24, 2.45) is 0 Å². The third-order valence-electron chi connectivity index (χ3n) is 3.45. The van der Waals surface area contributed by atoms with E-state index in [0.29, 0.717) is 23.0 Å². The molecule has 0 unspecified atom stereocenters. The molecule has 1 fully saturated rings. The smallest absolute Gasteiger partial charge is 0.223 e. The van der Waals surface area contributed by atoms with E-state index < -0.39 is 0 Å². The second-order valence-corrected chi connectivity index (χ2v) is 4.74. The van der Waals surface area contributed by atoms with E-state index in [4.69, 9.17) is 0 Å². The second kappa shape index (κ2) is 4.58. The highest BCUT2D eigenvalue weighted by molar-refractivity contribution is 5.79. The number of aromatic nitrogens is 6. The van der Waals surface area contributed by atoms with Gasteiger partial charge in [0.05, 0.1) is 5.69 Å². The van der Waals surface area contributed by atoms with Crippen LogP contribution in [0.5, 0.6) is 0 Å². The van der Waals surface area contributed by atoms with Crippen LogP contribution in [0.15, 0.2) is 24.5 Å². The van der Waals surface area contributed by atoms with Gasteiger partial charge in [0.25, 0.3) is 0 Å². The van der Waals surface area contributed by atoms with E-state index in [1.54, 1.807) is 24.5 Å². The minimum absolute atomic E-state index is 0.335. The summed E-state index contributed by atoms with van der Waals surface area (Å²) in [5.74, 6) is 0.853. The number of carbonyl (C=O) groups is 1. The van der Waals surface area contributed by atoms with Crippen LogP contribution < -0.4 is 4.90 Å². The van der Waals surface area contributed by atoms with Gasteiger partial charge < -0.3 is 4.90 Å². The Kier molecular flexibility index (Phi) is 2.59. The average Bonchev–Trinajstić information content (AvgIpc) is 2.90. The van der Waals surface area contributed by atoms with Crippen LogP contribution in [0, 0.1) is 0 Å². The molecule has 4 heterocycles. The molecule has 1 aliphatic heterocycles. The fourth-order valence-corrected chi connectivity index (χ4v) is 2.28. The molecule has 0 spiro atoms. The Morgan fingerprint density at radius 1 is 1.14 bits per heavy atom. The Labute approximate surface area is 119 Å². The van der Waals surface area contributed by atoms with Gasteiger partial charge in [0.15, 0.2) is 12.1 Å². The molecule has 21 heavy (non-hydrogen) atoms. The molecule has 0 bridgehead atoms. The highest BCUT2D eigenvalue weighted by Crippen LogP contribution is 2.26. The van der Waals surface area contributed by atoms with E-state index in [1.807, 2.05) is 0 Å². The predicted molar refractivity (Wildman–Crippen MR) is 74.0 cm³/mol. The molecule has 3 aromatic rings. The lowest BCUT2D eigenvalue weighted by atomic mass is 10.2. The normalized spacial score (nSPS) is 14.2. The zero-order chi connectivity index (χ0) is 14.2. The molecule has 0 radical (unpaired) electrons. The molecule has 0 amide bonds. The van der Waals surface area contributed by atoms with Crippen LogP contribution in [0.25, 0.3) is 17.3 Å². The SMILES string of the molecule is O=Cc1cc(N2CCC2)c2nnc(-c3ncccn3)n2n1. The summed E-state index contributed by atoms with van der Waals surface area (Å²) in [5, 5.41) is 12.6. The first kappa shape index (κ1) is 11.9. The van der Waals surface area contributed by atoms with Crippen LogP contribution in [0.4, 0.5) is 5.69 Å². The monoisotopic (exact) mass is 281 g/mol. The maximum absolute atomic E-state index is 11.1. The van der Waals surface area contributed by atoms with Gasteiger partial charge in [0.1, 0.15) is 5.69 Å². The summed E-state index contributed by atoms with van der Waals surface area (Å²) in [7, 11) is 0. The standard InChI is InChI=1S/C13H11N7O/c21-8-9-7-10(19-5-2-6-19)12-16-17-13(20(12)18-9)11-14-3-1-4-15-11/h1,3-4,7-8H,2,5-6H2. The minimum atomic E-state index is 0.335. The number of hydrogen-bond donors (Lipinski definition) is 0. The van der Waals surface area contributed by atoms with Crippen molar-refractivity contribution in [3.8, 4) is 11.6 Å². The topological polar surface area (TPSA) is 89.2 Å². The molecule has 0 N–H and O–H groups in total.